The first-order valence-electron chi connectivity index (χ1n) is 5.86. The third kappa shape index (κ3) is 4.77. The predicted octanol–water partition coefficient (Wildman–Crippen LogP) is -0.282. The van der Waals surface area contributed by atoms with Crippen molar-refractivity contribution in [3.8, 4) is 0 Å². The Bertz CT molecular complexity index is 756. The van der Waals surface area contributed by atoms with Gasteiger partial charge >= 0.3 is 0 Å². The van der Waals surface area contributed by atoms with Crippen molar-refractivity contribution in [3.63, 3.8) is 0 Å². The lowest BCUT2D eigenvalue weighted by molar-refractivity contribution is 0.580. The van der Waals surface area contributed by atoms with E-state index in [1.165, 1.54) is 18.4 Å². The third-order valence-electron chi connectivity index (χ3n) is 2.83. The Morgan fingerprint density at radius 1 is 1.29 bits per heavy atom. The van der Waals surface area contributed by atoms with Gasteiger partial charge in [0.15, 0.2) is 9.84 Å². The summed E-state index contributed by atoms with van der Waals surface area (Å²) in [4.78, 5) is -0.441. The Morgan fingerprint density at radius 2 is 1.86 bits per heavy atom. The molecule has 0 spiro atoms. The quantitative estimate of drug-likeness (QED) is 0.677. The lowest BCUT2D eigenvalue weighted by Gasteiger charge is -2.13. The molecule has 10 heteroatoms. The molecule has 2 unspecified atom stereocenters. The maximum atomic E-state index is 12.2. The number of hydrogen-bond donors (Lipinski definition) is 2. The summed E-state index contributed by atoms with van der Waals surface area (Å²) in [7, 11) is -8.70. The zero-order chi connectivity index (χ0) is 16.4. The molecule has 0 aromatic heterocycles. The van der Waals surface area contributed by atoms with Gasteiger partial charge in [-0.15, -0.1) is 0 Å². The number of benzene rings is 1. The molecule has 21 heavy (non-hydrogen) atoms. The Kier molecular flexibility index (Phi) is 5.53. The van der Waals surface area contributed by atoms with E-state index in [4.69, 9.17) is 5.73 Å². The second kappa shape index (κ2) is 6.42. The van der Waals surface area contributed by atoms with Crippen LogP contribution in [0.15, 0.2) is 28.0 Å². The number of nitrogens with two attached hydrogens (primary N) is 1. The maximum Gasteiger partial charge on any atom is 0.242 e. The third-order valence-corrected chi connectivity index (χ3v) is 6.72. The minimum absolute atomic E-state index is 0.0337. The van der Waals surface area contributed by atoms with Crippen LogP contribution in [0.3, 0.4) is 0 Å². The molecule has 0 heterocycles. The second-order valence-corrected chi connectivity index (χ2v) is 10.2. The number of nitrogens with one attached hydrogen (secondary N) is 1. The molecule has 0 bridgehead atoms. The van der Waals surface area contributed by atoms with Gasteiger partial charge in [0.2, 0.25) is 10.0 Å². The molecule has 2 atom stereocenters. The van der Waals surface area contributed by atoms with Crippen molar-refractivity contribution in [3.05, 3.63) is 18.2 Å². The lowest BCUT2D eigenvalue weighted by Crippen LogP contribution is -2.33. The van der Waals surface area contributed by atoms with Crippen molar-refractivity contribution < 1.29 is 21.0 Å². The zero-order valence-corrected chi connectivity index (χ0v) is 14.3. The standard InChI is InChI=1S/C11H18N2O5S3/c1-8(19(2)14)7-13-21(17,18)11-6-9(20(3,15)16)4-5-10(11)12/h4-6,8,13H,7,12H2,1-3H3. The van der Waals surface area contributed by atoms with Gasteiger partial charge in [0, 0.05) is 35.1 Å². The molecule has 1 aromatic rings. The van der Waals surface area contributed by atoms with Crippen molar-refractivity contribution in [2.45, 2.75) is 22.0 Å². The van der Waals surface area contributed by atoms with Crippen LogP contribution in [-0.4, -0.2) is 45.4 Å². The van der Waals surface area contributed by atoms with Crippen LogP contribution >= 0.6 is 0 Å². The summed E-state index contributed by atoms with van der Waals surface area (Å²) in [5.74, 6) is 0. The van der Waals surface area contributed by atoms with E-state index < -0.39 is 30.7 Å². The average Bonchev–Trinajstić information content (AvgIpc) is 2.34. The molecule has 1 rings (SSSR count). The van der Waals surface area contributed by atoms with E-state index in [1.807, 2.05) is 0 Å². The Balaban J connectivity index is 3.17. The van der Waals surface area contributed by atoms with E-state index in [1.54, 1.807) is 6.92 Å². The summed E-state index contributed by atoms with van der Waals surface area (Å²) in [5.41, 5.74) is 5.56. The zero-order valence-electron chi connectivity index (χ0n) is 11.9. The first kappa shape index (κ1) is 18.1. The highest BCUT2D eigenvalue weighted by Gasteiger charge is 2.21. The van der Waals surface area contributed by atoms with Crippen molar-refractivity contribution in [2.24, 2.45) is 0 Å². The van der Waals surface area contributed by atoms with Crippen molar-refractivity contribution in [1.29, 1.82) is 0 Å². The Morgan fingerprint density at radius 3 is 2.33 bits per heavy atom. The van der Waals surface area contributed by atoms with Gasteiger partial charge in [-0.05, 0) is 25.1 Å². The molecule has 120 valence electrons. The molecule has 0 aliphatic rings. The first-order valence-corrected chi connectivity index (χ1v) is 10.9. The Labute approximate surface area is 127 Å². The highest BCUT2D eigenvalue weighted by Crippen LogP contribution is 2.22. The molecule has 0 amide bonds. The van der Waals surface area contributed by atoms with E-state index in [0.29, 0.717) is 0 Å². The summed E-state index contributed by atoms with van der Waals surface area (Å²) < 4.78 is 60.8. The van der Waals surface area contributed by atoms with Crippen LogP contribution < -0.4 is 10.5 Å². The van der Waals surface area contributed by atoms with Crippen LogP contribution in [-0.2, 0) is 30.7 Å². The summed E-state index contributed by atoms with van der Waals surface area (Å²) in [6.45, 7) is 1.60. The molecule has 0 radical (unpaired) electrons. The molecule has 0 fully saturated rings. The van der Waals surface area contributed by atoms with E-state index in [9.17, 15) is 21.0 Å². The van der Waals surface area contributed by atoms with Gasteiger partial charge < -0.3 is 5.73 Å². The summed E-state index contributed by atoms with van der Waals surface area (Å²) in [5, 5.41) is -0.376. The fraction of sp³-hybridized carbons (Fsp3) is 0.455. The number of nitrogen functional groups attached to an aromatic ring is 1. The summed E-state index contributed by atoms with van der Waals surface area (Å²) in [6, 6.07) is 3.49. The van der Waals surface area contributed by atoms with Crippen LogP contribution in [0.2, 0.25) is 0 Å². The first-order chi connectivity index (χ1) is 9.45. The average molecular weight is 354 g/mol. The van der Waals surface area contributed by atoms with Gasteiger partial charge in [-0.3, -0.25) is 4.21 Å². The summed E-state index contributed by atoms with van der Waals surface area (Å²) in [6.07, 6.45) is 2.45. The largest absolute Gasteiger partial charge is 0.398 e. The van der Waals surface area contributed by atoms with Gasteiger partial charge in [-0.25, -0.2) is 21.6 Å². The maximum absolute atomic E-state index is 12.2. The molecule has 0 aliphatic carbocycles. The van der Waals surface area contributed by atoms with Crippen LogP contribution in [0, 0.1) is 0 Å². The van der Waals surface area contributed by atoms with Crippen LogP contribution in [0.4, 0.5) is 5.69 Å². The van der Waals surface area contributed by atoms with Gasteiger partial charge in [0.05, 0.1) is 10.6 Å². The van der Waals surface area contributed by atoms with Crippen LogP contribution in [0.5, 0.6) is 0 Å². The monoisotopic (exact) mass is 354 g/mol. The SMILES string of the molecule is CC(CNS(=O)(=O)c1cc(S(C)(=O)=O)ccc1N)S(C)=O. The molecule has 3 N–H and O–H groups in total. The minimum Gasteiger partial charge on any atom is -0.398 e. The van der Waals surface area contributed by atoms with Gasteiger partial charge in [0.25, 0.3) is 0 Å². The summed E-state index contributed by atoms with van der Waals surface area (Å²) >= 11 is 0. The smallest absolute Gasteiger partial charge is 0.242 e. The fourth-order valence-electron chi connectivity index (χ4n) is 1.40. The second-order valence-electron chi connectivity index (χ2n) is 4.63. The Hall–Kier alpha value is -0.970. The fourth-order valence-corrected chi connectivity index (χ4v) is 3.83. The van der Waals surface area contributed by atoms with E-state index >= 15 is 0 Å². The van der Waals surface area contributed by atoms with E-state index in [-0.39, 0.29) is 27.3 Å². The minimum atomic E-state index is -3.98. The topological polar surface area (TPSA) is 123 Å². The van der Waals surface area contributed by atoms with Crippen molar-refractivity contribution >= 4 is 36.3 Å². The molecule has 0 saturated heterocycles. The molecule has 0 aliphatic heterocycles. The number of sulfone groups is 1. The number of anilines is 1. The molecular weight excluding hydrogens is 336 g/mol. The molecule has 7 nitrogen and oxygen atoms in total. The van der Waals surface area contributed by atoms with Crippen molar-refractivity contribution in [2.75, 3.05) is 24.8 Å². The molecular formula is C11H18N2O5S3. The van der Waals surface area contributed by atoms with E-state index in [0.717, 1.165) is 12.3 Å². The number of rotatable bonds is 6. The highest BCUT2D eigenvalue weighted by molar-refractivity contribution is 7.91. The van der Waals surface area contributed by atoms with Gasteiger partial charge in [0.1, 0.15) is 4.90 Å². The normalized spacial score (nSPS) is 15.6. The number of sulfonamides is 1. The van der Waals surface area contributed by atoms with Gasteiger partial charge in [-0.1, -0.05) is 0 Å². The van der Waals surface area contributed by atoms with Crippen molar-refractivity contribution in [1.82, 2.24) is 4.72 Å². The molecule has 1 aromatic carbocycles. The van der Waals surface area contributed by atoms with E-state index in [2.05, 4.69) is 4.72 Å². The molecule has 0 saturated carbocycles. The van der Waals surface area contributed by atoms with Crippen LogP contribution in [0.1, 0.15) is 6.92 Å². The lowest BCUT2D eigenvalue weighted by atomic mass is 10.3. The highest BCUT2D eigenvalue weighted by atomic mass is 32.2. The number of hydrogen-bond acceptors (Lipinski definition) is 6. The predicted molar refractivity (Wildman–Crippen MR) is 82.7 cm³/mol. The van der Waals surface area contributed by atoms with Crippen LogP contribution in [0.25, 0.3) is 0 Å². The van der Waals surface area contributed by atoms with Gasteiger partial charge in [-0.2, -0.15) is 0 Å².